The number of nitrogens with zero attached hydrogens (tertiary/aromatic N) is 1. The molecule has 0 aromatic rings. The second-order valence-electron chi connectivity index (χ2n) is 2.46. The van der Waals surface area contributed by atoms with Crippen LogP contribution in [0, 0.1) is 0 Å². The molecule has 6 heteroatoms. The van der Waals surface area contributed by atoms with Gasteiger partial charge in [-0.2, -0.15) is 0 Å². The van der Waals surface area contributed by atoms with Crippen LogP contribution in [-0.2, 0) is 24.0 Å². The van der Waals surface area contributed by atoms with Crippen LogP contribution in [0.3, 0.4) is 0 Å². The SMILES string of the molecule is COC(=O)CCON1C(=O)C=CC1=O. The van der Waals surface area contributed by atoms with Gasteiger partial charge in [0, 0.05) is 12.2 Å². The molecule has 0 saturated heterocycles. The van der Waals surface area contributed by atoms with E-state index in [2.05, 4.69) is 4.74 Å². The number of rotatable bonds is 4. The summed E-state index contributed by atoms with van der Waals surface area (Å²) in [6.45, 7) is -0.0637. The number of methoxy groups -OCH3 is 1. The second-order valence-corrected chi connectivity index (χ2v) is 2.46. The molecule has 0 saturated carbocycles. The maximum absolute atomic E-state index is 10.9. The average Bonchev–Trinajstić information content (AvgIpc) is 2.48. The van der Waals surface area contributed by atoms with Crippen molar-refractivity contribution in [2.75, 3.05) is 13.7 Å². The van der Waals surface area contributed by atoms with Crippen LogP contribution >= 0.6 is 0 Å². The van der Waals surface area contributed by atoms with Gasteiger partial charge in [0.2, 0.25) is 0 Å². The molecule has 0 bridgehead atoms. The molecule has 0 unspecified atom stereocenters. The molecule has 1 rings (SSSR count). The van der Waals surface area contributed by atoms with Gasteiger partial charge < -0.3 is 4.74 Å². The van der Waals surface area contributed by atoms with Gasteiger partial charge in [-0.15, -0.1) is 5.06 Å². The summed E-state index contributed by atoms with van der Waals surface area (Å²) in [6, 6.07) is 0. The minimum Gasteiger partial charge on any atom is -0.469 e. The molecule has 0 N–H and O–H groups in total. The number of hydrogen-bond donors (Lipinski definition) is 0. The Morgan fingerprint density at radius 2 is 1.93 bits per heavy atom. The summed E-state index contributed by atoms with van der Waals surface area (Å²) in [5.41, 5.74) is 0. The van der Waals surface area contributed by atoms with Crippen molar-refractivity contribution >= 4 is 17.8 Å². The third kappa shape index (κ3) is 2.40. The molecule has 76 valence electrons. The fraction of sp³-hybridized carbons (Fsp3) is 0.375. The van der Waals surface area contributed by atoms with Gasteiger partial charge in [-0.3, -0.25) is 19.2 Å². The van der Waals surface area contributed by atoms with Gasteiger partial charge in [0.15, 0.2) is 0 Å². The van der Waals surface area contributed by atoms with Crippen LogP contribution in [0.15, 0.2) is 12.2 Å². The monoisotopic (exact) mass is 199 g/mol. The minimum absolute atomic E-state index is 0.00639. The number of hydrogen-bond acceptors (Lipinski definition) is 5. The molecule has 0 aromatic heterocycles. The minimum atomic E-state index is -0.542. The number of carbonyl (C=O) groups excluding carboxylic acids is 3. The molecule has 1 aliphatic rings. The lowest BCUT2D eigenvalue weighted by molar-refractivity contribution is -0.187. The third-order valence-electron chi connectivity index (χ3n) is 1.52. The summed E-state index contributed by atoms with van der Waals surface area (Å²) in [7, 11) is 1.25. The van der Waals surface area contributed by atoms with Crippen LogP contribution < -0.4 is 0 Å². The average molecular weight is 199 g/mol. The van der Waals surface area contributed by atoms with Crippen LogP contribution in [0.2, 0.25) is 0 Å². The zero-order chi connectivity index (χ0) is 10.6. The molecule has 0 aliphatic carbocycles. The number of imide groups is 1. The van der Waals surface area contributed by atoms with Gasteiger partial charge in [0.25, 0.3) is 11.8 Å². The lowest BCUT2D eigenvalue weighted by atomic mass is 10.5. The summed E-state index contributed by atoms with van der Waals surface area (Å²) in [4.78, 5) is 37.2. The van der Waals surface area contributed by atoms with Crippen LogP contribution in [0.1, 0.15) is 6.42 Å². The molecule has 2 amide bonds. The lowest BCUT2D eigenvalue weighted by Crippen LogP contribution is -2.31. The Hall–Kier alpha value is -1.69. The fourth-order valence-corrected chi connectivity index (χ4v) is 0.836. The topological polar surface area (TPSA) is 72.9 Å². The Balaban J connectivity index is 2.29. The van der Waals surface area contributed by atoms with Crippen molar-refractivity contribution in [3.05, 3.63) is 12.2 Å². The molecule has 0 atom stereocenters. The summed E-state index contributed by atoms with van der Waals surface area (Å²) in [5, 5.41) is 0.600. The number of carbonyl (C=O) groups is 3. The first-order valence-corrected chi connectivity index (χ1v) is 3.91. The molecule has 14 heavy (non-hydrogen) atoms. The van der Waals surface area contributed by atoms with E-state index >= 15 is 0 Å². The Labute approximate surface area is 80.0 Å². The Kier molecular flexibility index (Phi) is 3.35. The van der Waals surface area contributed by atoms with E-state index in [-0.39, 0.29) is 13.0 Å². The van der Waals surface area contributed by atoms with Crippen molar-refractivity contribution in [3.63, 3.8) is 0 Å². The Bertz CT molecular complexity index is 278. The second kappa shape index (κ2) is 4.52. The Morgan fingerprint density at radius 3 is 2.43 bits per heavy atom. The standard InChI is InChI=1S/C8H9NO5/c1-13-8(12)4-5-14-9-6(10)2-3-7(9)11/h2-3H,4-5H2,1H3. The van der Waals surface area contributed by atoms with Crippen molar-refractivity contribution in [1.29, 1.82) is 0 Å². The van der Waals surface area contributed by atoms with E-state index < -0.39 is 17.8 Å². The molecular weight excluding hydrogens is 190 g/mol. The highest BCUT2D eigenvalue weighted by Gasteiger charge is 2.24. The number of hydroxylamine groups is 2. The Morgan fingerprint density at radius 1 is 1.36 bits per heavy atom. The van der Waals surface area contributed by atoms with E-state index in [1.54, 1.807) is 0 Å². The van der Waals surface area contributed by atoms with Gasteiger partial charge in [0.05, 0.1) is 20.1 Å². The van der Waals surface area contributed by atoms with Gasteiger partial charge >= 0.3 is 5.97 Å². The maximum Gasteiger partial charge on any atom is 0.307 e. The van der Waals surface area contributed by atoms with E-state index in [1.807, 2.05) is 0 Å². The van der Waals surface area contributed by atoms with Gasteiger partial charge in [-0.05, 0) is 0 Å². The number of amides is 2. The number of esters is 1. The summed E-state index contributed by atoms with van der Waals surface area (Å²) in [6.07, 6.45) is 2.19. The van der Waals surface area contributed by atoms with E-state index in [1.165, 1.54) is 7.11 Å². The highest BCUT2D eigenvalue weighted by atomic mass is 16.7. The van der Waals surface area contributed by atoms with Crippen LogP contribution in [-0.4, -0.2) is 36.6 Å². The quantitative estimate of drug-likeness (QED) is 0.446. The van der Waals surface area contributed by atoms with Crippen molar-refractivity contribution in [2.45, 2.75) is 6.42 Å². The van der Waals surface area contributed by atoms with Gasteiger partial charge in [-0.1, -0.05) is 0 Å². The van der Waals surface area contributed by atoms with Crippen LogP contribution in [0.4, 0.5) is 0 Å². The molecule has 0 fully saturated rings. The van der Waals surface area contributed by atoms with Crippen LogP contribution in [0.25, 0.3) is 0 Å². The molecule has 1 heterocycles. The van der Waals surface area contributed by atoms with Crippen molar-refractivity contribution in [3.8, 4) is 0 Å². The van der Waals surface area contributed by atoms with Gasteiger partial charge in [-0.25, -0.2) is 0 Å². The molecule has 6 nitrogen and oxygen atoms in total. The summed E-state index contributed by atoms with van der Waals surface area (Å²) in [5.74, 6) is -1.54. The first-order valence-electron chi connectivity index (χ1n) is 3.91. The van der Waals surface area contributed by atoms with E-state index in [4.69, 9.17) is 4.84 Å². The molecule has 0 aromatic carbocycles. The predicted molar refractivity (Wildman–Crippen MR) is 43.6 cm³/mol. The highest BCUT2D eigenvalue weighted by Crippen LogP contribution is 2.04. The third-order valence-corrected chi connectivity index (χ3v) is 1.52. The summed E-state index contributed by atoms with van der Waals surface area (Å²) < 4.78 is 4.35. The summed E-state index contributed by atoms with van der Waals surface area (Å²) >= 11 is 0. The first-order chi connectivity index (χ1) is 6.65. The first kappa shape index (κ1) is 10.4. The van der Waals surface area contributed by atoms with E-state index in [0.29, 0.717) is 5.06 Å². The van der Waals surface area contributed by atoms with Gasteiger partial charge in [0.1, 0.15) is 0 Å². The van der Waals surface area contributed by atoms with Crippen molar-refractivity contribution in [1.82, 2.24) is 5.06 Å². The fourth-order valence-electron chi connectivity index (χ4n) is 0.836. The molecule has 0 spiro atoms. The smallest absolute Gasteiger partial charge is 0.307 e. The molecule has 0 radical (unpaired) electrons. The predicted octanol–water partition coefficient (Wildman–Crippen LogP) is -0.594. The zero-order valence-electron chi connectivity index (χ0n) is 7.56. The molecule has 1 aliphatic heterocycles. The van der Waals surface area contributed by atoms with E-state index in [9.17, 15) is 14.4 Å². The normalized spacial score (nSPS) is 15.1. The highest BCUT2D eigenvalue weighted by molar-refractivity contribution is 6.11. The zero-order valence-corrected chi connectivity index (χ0v) is 7.56. The van der Waals surface area contributed by atoms with E-state index in [0.717, 1.165) is 12.2 Å². The van der Waals surface area contributed by atoms with Crippen molar-refractivity contribution < 1.29 is 24.0 Å². The number of ether oxygens (including phenoxy) is 1. The lowest BCUT2D eigenvalue weighted by Gasteiger charge is -2.12. The van der Waals surface area contributed by atoms with Crippen molar-refractivity contribution in [2.24, 2.45) is 0 Å². The largest absolute Gasteiger partial charge is 0.469 e. The van der Waals surface area contributed by atoms with Crippen LogP contribution in [0.5, 0.6) is 0 Å². The maximum atomic E-state index is 10.9. The molecular formula is C8H9NO5.